The zero-order valence-corrected chi connectivity index (χ0v) is 10.9. The topological polar surface area (TPSA) is 36.9 Å². The second-order valence-electron chi connectivity index (χ2n) is 5.23. The van der Waals surface area contributed by atoms with Gasteiger partial charge in [-0.15, -0.1) is 0 Å². The molecule has 2 rings (SSSR count). The fourth-order valence-electron chi connectivity index (χ4n) is 2.27. The molecule has 2 atom stereocenters. The summed E-state index contributed by atoms with van der Waals surface area (Å²) in [5.41, 5.74) is 0. The first kappa shape index (κ1) is 13.3. The monoisotopic (exact) mass is 244 g/mol. The Morgan fingerprint density at radius 2 is 1.29 bits per heavy atom. The van der Waals surface area contributed by atoms with Crippen LogP contribution in [0.4, 0.5) is 0 Å². The van der Waals surface area contributed by atoms with E-state index < -0.39 is 5.79 Å². The highest BCUT2D eigenvalue weighted by Gasteiger charge is 2.30. The minimum Gasteiger partial charge on any atom is -0.353 e. The average Bonchev–Trinajstić information content (AvgIpc) is 2.30. The second kappa shape index (κ2) is 6.14. The van der Waals surface area contributed by atoms with Gasteiger partial charge in [0.15, 0.2) is 18.4 Å². The molecule has 0 aliphatic carbocycles. The van der Waals surface area contributed by atoms with E-state index in [-0.39, 0.29) is 12.6 Å². The summed E-state index contributed by atoms with van der Waals surface area (Å²) < 4.78 is 22.8. The van der Waals surface area contributed by atoms with E-state index in [9.17, 15) is 0 Å². The van der Waals surface area contributed by atoms with Gasteiger partial charge < -0.3 is 18.9 Å². The lowest BCUT2D eigenvalue weighted by Crippen LogP contribution is -2.40. The molecule has 0 N–H and O–H groups in total. The SMILES string of the molecule is CC(C)(OC1CCCCO1)OC1CCCCO1. The number of hydrogen-bond acceptors (Lipinski definition) is 4. The van der Waals surface area contributed by atoms with Gasteiger partial charge in [0.1, 0.15) is 0 Å². The van der Waals surface area contributed by atoms with E-state index in [1.54, 1.807) is 0 Å². The van der Waals surface area contributed by atoms with Crippen LogP contribution in [0, 0.1) is 0 Å². The molecule has 2 saturated heterocycles. The van der Waals surface area contributed by atoms with Gasteiger partial charge in [-0.2, -0.15) is 0 Å². The quantitative estimate of drug-likeness (QED) is 0.713. The van der Waals surface area contributed by atoms with Crippen LogP contribution in [-0.4, -0.2) is 31.6 Å². The van der Waals surface area contributed by atoms with E-state index in [0.29, 0.717) is 0 Å². The predicted molar refractivity (Wildman–Crippen MR) is 63.4 cm³/mol. The first-order valence-electron chi connectivity index (χ1n) is 6.74. The highest BCUT2D eigenvalue weighted by Crippen LogP contribution is 2.25. The summed E-state index contributed by atoms with van der Waals surface area (Å²) in [6.07, 6.45) is 6.27. The van der Waals surface area contributed by atoms with Gasteiger partial charge >= 0.3 is 0 Å². The van der Waals surface area contributed by atoms with Crippen molar-refractivity contribution in [1.29, 1.82) is 0 Å². The van der Waals surface area contributed by atoms with Crippen molar-refractivity contribution in [2.24, 2.45) is 0 Å². The molecule has 100 valence electrons. The van der Waals surface area contributed by atoms with Crippen LogP contribution in [0.5, 0.6) is 0 Å². The van der Waals surface area contributed by atoms with Gasteiger partial charge in [0.05, 0.1) is 0 Å². The summed E-state index contributed by atoms with van der Waals surface area (Å²) in [6, 6.07) is 0. The summed E-state index contributed by atoms with van der Waals surface area (Å²) in [5, 5.41) is 0. The Balaban J connectivity index is 1.75. The zero-order valence-electron chi connectivity index (χ0n) is 10.9. The number of hydrogen-bond donors (Lipinski definition) is 0. The molecular formula is C13H24O4. The van der Waals surface area contributed by atoms with Gasteiger partial charge in [0.25, 0.3) is 0 Å². The maximum absolute atomic E-state index is 5.86. The van der Waals surface area contributed by atoms with Crippen LogP contribution < -0.4 is 0 Å². The molecule has 0 aromatic rings. The minimum atomic E-state index is -0.635. The highest BCUT2D eigenvalue weighted by molar-refractivity contribution is 4.63. The zero-order chi connectivity index (χ0) is 12.1. The maximum Gasteiger partial charge on any atom is 0.169 e. The van der Waals surface area contributed by atoms with Gasteiger partial charge in [-0.25, -0.2) is 0 Å². The van der Waals surface area contributed by atoms with Crippen LogP contribution in [0.1, 0.15) is 52.4 Å². The van der Waals surface area contributed by atoms with Crippen molar-refractivity contribution in [3.63, 3.8) is 0 Å². The van der Waals surface area contributed by atoms with E-state index >= 15 is 0 Å². The predicted octanol–water partition coefficient (Wildman–Crippen LogP) is 2.81. The molecule has 0 spiro atoms. The van der Waals surface area contributed by atoms with E-state index in [1.165, 1.54) is 12.8 Å². The molecule has 4 heteroatoms. The molecule has 2 fully saturated rings. The van der Waals surface area contributed by atoms with Gasteiger partial charge in [0, 0.05) is 13.2 Å². The Morgan fingerprint density at radius 1 is 0.824 bits per heavy atom. The third-order valence-corrected chi connectivity index (χ3v) is 3.11. The van der Waals surface area contributed by atoms with Crippen LogP contribution in [0.2, 0.25) is 0 Å². The van der Waals surface area contributed by atoms with Crippen molar-refractivity contribution in [3.05, 3.63) is 0 Å². The van der Waals surface area contributed by atoms with Gasteiger partial charge in [-0.05, 0) is 52.4 Å². The fraction of sp³-hybridized carbons (Fsp3) is 1.00. The molecule has 2 aliphatic heterocycles. The van der Waals surface area contributed by atoms with Gasteiger partial charge in [0.2, 0.25) is 0 Å². The van der Waals surface area contributed by atoms with Gasteiger partial charge in [-0.3, -0.25) is 0 Å². The molecule has 0 aromatic heterocycles. The third kappa shape index (κ3) is 4.54. The standard InChI is InChI=1S/C13H24O4/c1-13(2,16-11-7-3-5-9-14-11)17-12-8-4-6-10-15-12/h11-12H,3-10H2,1-2H3. The Morgan fingerprint density at radius 3 is 1.65 bits per heavy atom. The van der Waals surface area contributed by atoms with Crippen LogP contribution in [0.15, 0.2) is 0 Å². The van der Waals surface area contributed by atoms with Crippen LogP contribution in [0.3, 0.4) is 0 Å². The van der Waals surface area contributed by atoms with Crippen LogP contribution in [-0.2, 0) is 18.9 Å². The lowest BCUT2D eigenvalue weighted by Gasteiger charge is -2.36. The molecule has 0 saturated carbocycles. The molecule has 0 bridgehead atoms. The smallest absolute Gasteiger partial charge is 0.169 e. The van der Waals surface area contributed by atoms with E-state index in [2.05, 4.69) is 0 Å². The Hall–Kier alpha value is -0.160. The Kier molecular flexibility index (Phi) is 4.79. The van der Waals surface area contributed by atoms with Crippen molar-refractivity contribution in [1.82, 2.24) is 0 Å². The molecule has 2 unspecified atom stereocenters. The second-order valence-corrected chi connectivity index (χ2v) is 5.23. The highest BCUT2D eigenvalue weighted by atomic mass is 16.8. The van der Waals surface area contributed by atoms with E-state index in [0.717, 1.165) is 38.9 Å². The average molecular weight is 244 g/mol. The first-order valence-corrected chi connectivity index (χ1v) is 6.74. The Labute approximate surface area is 104 Å². The van der Waals surface area contributed by atoms with Crippen molar-refractivity contribution < 1.29 is 18.9 Å². The molecule has 0 radical (unpaired) electrons. The first-order chi connectivity index (χ1) is 8.16. The lowest BCUT2D eigenvalue weighted by atomic mass is 10.2. The van der Waals surface area contributed by atoms with E-state index in [4.69, 9.17) is 18.9 Å². The normalized spacial score (nSPS) is 31.4. The van der Waals surface area contributed by atoms with Crippen LogP contribution in [0.25, 0.3) is 0 Å². The molecule has 0 amide bonds. The van der Waals surface area contributed by atoms with Gasteiger partial charge in [-0.1, -0.05) is 0 Å². The molecular weight excluding hydrogens is 220 g/mol. The number of rotatable bonds is 4. The summed E-state index contributed by atoms with van der Waals surface area (Å²) in [5.74, 6) is -0.635. The van der Waals surface area contributed by atoms with E-state index in [1.807, 2.05) is 13.8 Å². The van der Waals surface area contributed by atoms with Crippen molar-refractivity contribution in [3.8, 4) is 0 Å². The summed E-state index contributed by atoms with van der Waals surface area (Å²) in [6.45, 7) is 5.45. The molecule has 2 aliphatic rings. The largest absolute Gasteiger partial charge is 0.353 e. The summed E-state index contributed by atoms with van der Waals surface area (Å²) in [4.78, 5) is 0. The number of ether oxygens (including phenoxy) is 4. The Bertz CT molecular complexity index is 195. The molecule has 17 heavy (non-hydrogen) atoms. The summed E-state index contributed by atoms with van der Waals surface area (Å²) in [7, 11) is 0. The molecule has 2 heterocycles. The maximum atomic E-state index is 5.86. The third-order valence-electron chi connectivity index (χ3n) is 3.11. The van der Waals surface area contributed by atoms with Crippen molar-refractivity contribution >= 4 is 0 Å². The molecule has 4 nitrogen and oxygen atoms in total. The fourth-order valence-corrected chi connectivity index (χ4v) is 2.27. The van der Waals surface area contributed by atoms with Crippen molar-refractivity contribution in [2.45, 2.75) is 70.7 Å². The summed E-state index contributed by atoms with van der Waals surface area (Å²) >= 11 is 0. The van der Waals surface area contributed by atoms with Crippen molar-refractivity contribution in [2.75, 3.05) is 13.2 Å². The molecule has 0 aromatic carbocycles. The van der Waals surface area contributed by atoms with Crippen LogP contribution >= 0.6 is 0 Å². The lowest BCUT2D eigenvalue weighted by molar-refractivity contribution is -0.347. The minimum absolute atomic E-state index is 0.123.